The van der Waals surface area contributed by atoms with E-state index in [-0.39, 0.29) is 12.5 Å². The number of anilines is 1. The minimum Gasteiger partial charge on any atom is -0.484 e. The van der Waals surface area contributed by atoms with Crippen molar-refractivity contribution < 1.29 is 9.53 Å². The number of ether oxygens (including phenoxy) is 1. The molecular formula is C19H20N2O2S. The molecule has 1 aliphatic rings. The molecule has 0 aliphatic carbocycles. The van der Waals surface area contributed by atoms with Gasteiger partial charge >= 0.3 is 0 Å². The highest BCUT2D eigenvalue weighted by Gasteiger charge is 2.16. The molecule has 4 nitrogen and oxygen atoms in total. The molecule has 1 aliphatic heterocycles. The van der Waals surface area contributed by atoms with Gasteiger partial charge in [-0.2, -0.15) is 0 Å². The molecule has 1 fully saturated rings. The van der Waals surface area contributed by atoms with Crippen molar-refractivity contribution in [3.63, 3.8) is 0 Å². The first-order valence-electron chi connectivity index (χ1n) is 8.09. The molecule has 0 spiro atoms. The van der Waals surface area contributed by atoms with E-state index in [0.29, 0.717) is 5.75 Å². The standard InChI is InChI=1S/C19H20N2O2S/c22-18(20-16-6-2-1-3-7-16)14-23-17-10-8-15(9-11-17)19(24)21-12-4-5-13-21/h1-3,6-11H,4-5,12-14H2,(H,20,22). The van der Waals surface area contributed by atoms with Gasteiger partial charge in [0.25, 0.3) is 5.91 Å². The molecule has 124 valence electrons. The molecule has 2 aromatic rings. The second kappa shape index (κ2) is 7.93. The van der Waals surface area contributed by atoms with Gasteiger partial charge in [-0.25, -0.2) is 0 Å². The normalized spacial score (nSPS) is 13.6. The molecule has 5 heteroatoms. The van der Waals surface area contributed by atoms with Crippen molar-refractivity contribution in [3.8, 4) is 5.75 Å². The third-order valence-corrected chi connectivity index (χ3v) is 4.42. The monoisotopic (exact) mass is 340 g/mol. The van der Waals surface area contributed by atoms with Crippen LogP contribution in [0.15, 0.2) is 54.6 Å². The molecule has 0 saturated carbocycles. The summed E-state index contributed by atoms with van der Waals surface area (Å²) >= 11 is 5.52. The molecule has 1 N–H and O–H groups in total. The topological polar surface area (TPSA) is 41.6 Å². The Kier molecular flexibility index (Phi) is 5.43. The molecule has 1 amide bonds. The molecule has 1 heterocycles. The van der Waals surface area contributed by atoms with E-state index in [1.165, 1.54) is 12.8 Å². The number of benzene rings is 2. The summed E-state index contributed by atoms with van der Waals surface area (Å²) in [5.41, 5.74) is 1.78. The largest absolute Gasteiger partial charge is 0.484 e. The predicted molar refractivity (Wildman–Crippen MR) is 99.5 cm³/mol. The first-order valence-corrected chi connectivity index (χ1v) is 8.50. The number of carbonyl (C=O) groups excluding carboxylic acids is 1. The van der Waals surface area contributed by atoms with E-state index in [9.17, 15) is 4.79 Å². The summed E-state index contributed by atoms with van der Waals surface area (Å²) in [4.78, 5) is 15.0. The van der Waals surface area contributed by atoms with Crippen LogP contribution in [0.3, 0.4) is 0 Å². The highest BCUT2D eigenvalue weighted by Crippen LogP contribution is 2.17. The Balaban J connectivity index is 1.50. The van der Waals surface area contributed by atoms with Crippen molar-refractivity contribution >= 4 is 28.8 Å². The average Bonchev–Trinajstić information content (AvgIpc) is 3.15. The third-order valence-electron chi connectivity index (χ3n) is 3.92. The van der Waals surface area contributed by atoms with E-state index in [1.807, 2.05) is 54.6 Å². The van der Waals surface area contributed by atoms with E-state index < -0.39 is 0 Å². The maximum Gasteiger partial charge on any atom is 0.262 e. The minimum absolute atomic E-state index is 0.0230. The number of likely N-dealkylation sites (tertiary alicyclic amines) is 1. The van der Waals surface area contributed by atoms with Gasteiger partial charge in [-0.05, 0) is 49.2 Å². The summed E-state index contributed by atoms with van der Waals surface area (Å²) in [6.45, 7) is 2.05. The lowest BCUT2D eigenvalue weighted by molar-refractivity contribution is -0.118. The van der Waals surface area contributed by atoms with Crippen LogP contribution >= 0.6 is 12.2 Å². The van der Waals surface area contributed by atoms with E-state index in [0.717, 1.165) is 29.3 Å². The summed E-state index contributed by atoms with van der Waals surface area (Å²) in [5, 5.41) is 2.79. The fraction of sp³-hybridized carbons (Fsp3) is 0.263. The third kappa shape index (κ3) is 4.32. The highest BCUT2D eigenvalue weighted by atomic mass is 32.1. The van der Waals surface area contributed by atoms with Crippen LogP contribution in [0.25, 0.3) is 0 Å². The van der Waals surface area contributed by atoms with E-state index in [4.69, 9.17) is 17.0 Å². The predicted octanol–water partition coefficient (Wildman–Crippen LogP) is 3.48. The molecule has 0 atom stereocenters. The summed E-state index contributed by atoms with van der Waals surface area (Å²) in [7, 11) is 0. The second-order valence-corrected chi connectivity index (χ2v) is 6.11. The quantitative estimate of drug-likeness (QED) is 0.846. The van der Waals surface area contributed by atoms with Crippen LogP contribution in [0, 0.1) is 0 Å². The van der Waals surface area contributed by atoms with Crippen LogP contribution < -0.4 is 10.1 Å². The van der Waals surface area contributed by atoms with Crippen molar-refractivity contribution in [1.82, 2.24) is 4.90 Å². The van der Waals surface area contributed by atoms with Gasteiger partial charge in [0.15, 0.2) is 6.61 Å². The number of nitrogens with zero attached hydrogens (tertiary/aromatic N) is 1. The Morgan fingerprint density at radius 1 is 1.04 bits per heavy atom. The van der Waals surface area contributed by atoms with Crippen molar-refractivity contribution in [3.05, 3.63) is 60.2 Å². The lowest BCUT2D eigenvalue weighted by Crippen LogP contribution is -2.26. The van der Waals surface area contributed by atoms with Crippen molar-refractivity contribution in [2.45, 2.75) is 12.8 Å². The number of amides is 1. The van der Waals surface area contributed by atoms with E-state index in [1.54, 1.807) is 0 Å². The molecule has 0 radical (unpaired) electrons. The molecule has 0 bridgehead atoms. The van der Waals surface area contributed by atoms with Gasteiger partial charge in [0.1, 0.15) is 10.7 Å². The van der Waals surface area contributed by atoms with Crippen molar-refractivity contribution in [2.75, 3.05) is 25.0 Å². The van der Waals surface area contributed by atoms with Crippen LogP contribution in [-0.4, -0.2) is 35.5 Å². The Morgan fingerprint density at radius 3 is 2.38 bits per heavy atom. The number of hydrogen-bond acceptors (Lipinski definition) is 3. The van der Waals surface area contributed by atoms with Crippen LogP contribution in [-0.2, 0) is 4.79 Å². The molecule has 0 unspecified atom stereocenters. The summed E-state index contributed by atoms with van der Waals surface area (Å²) in [5.74, 6) is 0.476. The van der Waals surface area contributed by atoms with Gasteiger partial charge < -0.3 is 15.0 Å². The second-order valence-electron chi connectivity index (χ2n) is 5.73. The van der Waals surface area contributed by atoms with Gasteiger partial charge in [0.05, 0.1) is 0 Å². The zero-order valence-electron chi connectivity index (χ0n) is 13.4. The fourth-order valence-electron chi connectivity index (χ4n) is 2.66. The first-order chi connectivity index (χ1) is 11.7. The molecule has 0 aromatic heterocycles. The fourth-order valence-corrected chi connectivity index (χ4v) is 2.98. The van der Waals surface area contributed by atoms with Gasteiger partial charge in [-0.3, -0.25) is 4.79 Å². The van der Waals surface area contributed by atoms with Crippen molar-refractivity contribution in [2.24, 2.45) is 0 Å². The average molecular weight is 340 g/mol. The number of hydrogen-bond donors (Lipinski definition) is 1. The number of para-hydroxylation sites is 1. The van der Waals surface area contributed by atoms with E-state index in [2.05, 4.69) is 10.2 Å². The number of nitrogens with one attached hydrogen (secondary N) is 1. The molecule has 1 saturated heterocycles. The Labute approximate surface area is 147 Å². The lowest BCUT2D eigenvalue weighted by atomic mass is 10.2. The molecule has 24 heavy (non-hydrogen) atoms. The maximum atomic E-state index is 11.9. The van der Waals surface area contributed by atoms with Gasteiger partial charge in [0.2, 0.25) is 0 Å². The van der Waals surface area contributed by atoms with Crippen LogP contribution in [0.4, 0.5) is 5.69 Å². The van der Waals surface area contributed by atoms with Crippen molar-refractivity contribution in [1.29, 1.82) is 0 Å². The van der Waals surface area contributed by atoms with E-state index >= 15 is 0 Å². The first kappa shape index (κ1) is 16.5. The van der Waals surface area contributed by atoms with Crippen LogP contribution in [0.5, 0.6) is 5.75 Å². The zero-order chi connectivity index (χ0) is 16.8. The number of thiocarbonyl (C=S) groups is 1. The summed E-state index contributed by atoms with van der Waals surface area (Å²) < 4.78 is 5.53. The maximum absolute atomic E-state index is 11.9. The highest BCUT2D eigenvalue weighted by molar-refractivity contribution is 7.80. The van der Waals surface area contributed by atoms with Crippen LogP contribution in [0.2, 0.25) is 0 Å². The minimum atomic E-state index is -0.183. The number of carbonyl (C=O) groups is 1. The van der Waals surface area contributed by atoms with Gasteiger partial charge in [-0.1, -0.05) is 30.4 Å². The SMILES string of the molecule is O=C(COc1ccc(C(=S)N2CCCC2)cc1)Nc1ccccc1. The molecular weight excluding hydrogens is 320 g/mol. The molecule has 3 rings (SSSR count). The summed E-state index contributed by atoms with van der Waals surface area (Å²) in [6, 6.07) is 16.9. The van der Waals surface area contributed by atoms with Gasteiger partial charge in [0, 0.05) is 24.3 Å². The Bertz CT molecular complexity index is 695. The summed E-state index contributed by atoms with van der Waals surface area (Å²) in [6.07, 6.45) is 2.41. The Morgan fingerprint density at radius 2 is 1.71 bits per heavy atom. The van der Waals surface area contributed by atoms with Gasteiger partial charge in [-0.15, -0.1) is 0 Å². The lowest BCUT2D eigenvalue weighted by Gasteiger charge is -2.18. The molecule has 2 aromatic carbocycles. The van der Waals surface area contributed by atoms with Crippen LogP contribution in [0.1, 0.15) is 18.4 Å². The number of rotatable bonds is 5. The zero-order valence-corrected chi connectivity index (χ0v) is 14.2. The smallest absolute Gasteiger partial charge is 0.262 e. The Hall–Kier alpha value is -2.40.